The number of halogens is 1. The first-order valence-corrected chi connectivity index (χ1v) is 7.17. The maximum atomic E-state index is 13.0. The average Bonchev–Trinajstić information content (AvgIpc) is 2.14. The van der Waals surface area contributed by atoms with Gasteiger partial charge in [0, 0.05) is 12.3 Å². The van der Waals surface area contributed by atoms with Crippen molar-refractivity contribution in [2.24, 2.45) is 5.73 Å². The number of benzene rings is 1. The summed E-state index contributed by atoms with van der Waals surface area (Å²) in [5.74, 6) is -0.351. The van der Waals surface area contributed by atoms with Crippen molar-refractivity contribution in [3.63, 3.8) is 0 Å². The van der Waals surface area contributed by atoms with Gasteiger partial charge >= 0.3 is 0 Å². The highest BCUT2D eigenvalue weighted by molar-refractivity contribution is 7.92. The van der Waals surface area contributed by atoms with E-state index >= 15 is 0 Å². The van der Waals surface area contributed by atoms with E-state index in [1.807, 2.05) is 0 Å². The zero-order valence-electron chi connectivity index (χ0n) is 10.5. The largest absolute Gasteiger partial charge is 0.323 e. The van der Waals surface area contributed by atoms with Crippen LogP contribution in [0.1, 0.15) is 31.0 Å². The van der Waals surface area contributed by atoms with Crippen LogP contribution >= 0.6 is 0 Å². The Labute approximate surface area is 102 Å². The van der Waals surface area contributed by atoms with Gasteiger partial charge in [0.2, 0.25) is 0 Å². The standard InChI is InChI=1S/C12H18FNO2S/c1-8-7-9(13)5-6-10(8)11(14)12(2,3)17(4,15)16/h5-7,11H,14H2,1-4H3. The minimum Gasteiger partial charge on any atom is -0.323 e. The van der Waals surface area contributed by atoms with Gasteiger partial charge in [-0.3, -0.25) is 0 Å². The molecule has 0 aliphatic heterocycles. The highest BCUT2D eigenvalue weighted by Gasteiger charge is 2.38. The third-order valence-electron chi connectivity index (χ3n) is 3.27. The highest BCUT2D eigenvalue weighted by Crippen LogP contribution is 2.31. The Morgan fingerprint density at radius 3 is 2.29 bits per heavy atom. The van der Waals surface area contributed by atoms with Crippen molar-refractivity contribution in [3.8, 4) is 0 Å². The van der Waals surface area contributed by atoms with Crippen molar-refractivity contribution in [2.75, 3.05) is 6.26 Å². The molecule has 1 aromatic rings. The van der Waals surface area contributed by atoms with Crippen molar-refractivity contribution in [1.82, 2.24) is 0 Å². The van der Waals surface area contributed by atoms with Crippen LogP contribution in [0.25, 0.3) is 0 Å². The van der Waals surface area contributed by atoms with Crippen LogP contribution in [-0.4, -0.2) is 19.4 Å². The third-order valence-corrected chi connectivity index (χ3v) is 5.44. The van der Waals surface area contributed by atoms with Gasteiger partial charge in [-0.2, -0.15) is 0 Å². The Kier molecular flexibility index (Phi) is 3.64. The fraction of sp³-hybridized carbons (Fsp3) is 0.500. The summed E-state index contributed by atoms with van der Waals surface area (Å²) < 4.78 is 35.3. The van der Waals surface area contributed by atoms with Crippen LogP contribution in [0.2, 0.25) is 0 Å². The fourth-order valence-electron chi connectivity index (χ4n) is 1.59. The Morgan fingerprint density at radius 2 is 1.88 bits per heavy atom. The minimum atomic E-state index is -3.30. The maximum Gasteiger partial charge on any atom is 0.154 e. The molecule has 3 nitrogen and oxygen atoms in total. The van der Waals surface area contributed by atoms with E-state index < -0.39 is 20.6 Å². The van der Waals surface area contributed by atoms with E-state index in [1.165, 1.54) is 12.1 Å². The quantitative estimate of drug-likeness (QED) is 0.902. The van der Waals surface area contributed by atoms with Gasteiger partial charge in [0.05, 0.1) is 4.75 Å². The van der Waals surface area contributed by atoms with Gasteiger partial charge in [-0.05, 0) is 44.0 Å². The number of aryl methyl sites for hydroxylation is 1. The molecule has 1 rings (SSSR count). The lowest BCUT2D eigenvalue weighted by Gasteiger charge is -2.30. The molecule has 5 heteroatoms. The first kappa shape index (κ1) is 14.1. The molecule has 0 saturated carbocycles. The topological polar surface area (TPSA) is 60.2 Å². The summed E-state index contributed by atoms with van der Waals surface area (Å²) in [6, 6.07) is 3.51. The van der Waals surface area contributed by atoms with E-state index in [0.717, 1.165) is 6.26 Å². The molecule has 2 N–H and O–H groups in total. The SMILES string of the molecule is Cc1cc(F)ccc1C(N)C(C)(C)S(C)(=O)=O. The molecule has 0 amide bonds. The Morgan fingerprint density at radius 1 is 1.35 bits per heavy atom. The molecule has 17 heavy (non-hydrogen) atoms. The second-order valence-electron chi connectivity index (χ2n) is 4.85. The first-order valence-electron chi connectivity index (χ1n) is 5.28. The minimum absolute atomic E-state index is 0.351. The predicted octanol–water partition coefficient (Wildman–Crippen LogP) is 1.96. The number of nitrogens with two attached hydrogens (primary N) is 1. The van der Waals surface area contributed by atoms with Gasteiger partial charge in [0.25, 0.3) is 0 Å². The normalized spacial score (nSPS) is 14.7. The summed E-state index contributed by atoms with van der Waals surface area (Å²) in [4.78, 5) is 0. The molecule has 0 aliphatic carbocycles. The molecular formula is C12H18FNO2S. The lowest BCUT2D eigenvalue weighted by Crippen LogP contribution is -2.42. The van der Waals surface area contributed by atoms with Crippen LogP contribution in [0.5, 0.6) is 0 Å². The molecule has 96 valence electrons. The molecule has 1 aromatic carbocycles. The van der Waals surface area contributed by atoms with Crippen molar-refractivity contribution >= 4 is 9.84 Å². The summed E-state index contributed by atoms with van der Waals surface area (Å²) in [5.41, 5.74) is 7.32. The summed E-state index contributed by atoms with van der Waals surface area (Å²) in [7, 11) is -3.30. The number of hydrogen-bond acceptors (Lipinski definition) is 3. The van der Waals surface area contributed by atoms with Gasteiger partial charge in [-0.25, -0.2) is 12.8 Å². The van der Waals surface area contributed by atoms with Crippen molar-refractivity contribution in [3.05, 3.63) is 35.1 Å². The van der Waals surface area contributed by atoms with Crippen molar-refractivity contribution in [1.29, 1.82) is 0 Å². The van der Waals surface area contributed by atoms with Crippen LogP contribution in [0.4, 0.5) is 4.39 Å². The highest BCUT2D eigenvalue weighted by atomic mass is 32.2. The molecule has 0 bridgehead atoms. The molecule has 0 aliphatic rings. The van der Waals surface area contributed by atoms with Crippen LogP contribution in [0.15, 0.2) is 18.2 Å². The van der Waals surface area contributed by atoms with Crippen molar-refractivity contribution < 1.29 is 12.8 Å². The van der Waals surface area contributed by atoms with E-state index in [0.29, 0.717) is 11.1 Å². The van der Waals surface area contributed by atoms with Crippen LogP contribution in [0.3, 0.4) is 0 Å². The van der Waals surface area contributed by atoms with E-state index in [4.69, 9.17) is 5.73 Å². The maximum absolute atomic E-state index is 13.0. The van der Waals surface area contributed by atoms with Crippen molar-refractivity contribution in [2.45, 2.75) is 31.6 Å². The molecule has 0 saturated heterocycles. The zero-order valence-corrected chi connectivity index (χ0v) is 11.3. The van der Waals surface area contributed by atoms with Gasteiger partial charge in [-0.15, -0.1) is 0 Å². The molecule has 0 heterocycles. The lowest BCUT2D eigenvalue weighted by atomic mass is 9.93. The first-order chi connectivity index (χ1) is 7.57. The average molecular weight is 259 g/mol. The van der Waals surface area contributed by atoms with E-state index in [2.05, 4.69) is 0 Å². The monoisotopic (exact) mass is 259 g/mol. The number of rotatable bonds is 3. The number of hydrogen-bond donors (Lipinski definition) is 1. The summed E-state index contributed by atoms with van der Waals surface area (Å²) in [5, 5.41) is 0. The predicted molar refractivity (Wildman–Crippen MR) is 67.0 cm³/mol. The fourth-order valence-corrected chi connectivity index (χ4v) is 2.18. The van der Waals surface area contributed by atoms with Gasteiger partial charge < -0.3 is 5.73 Å². The molecular weight excluding hydrogens is 241 g/mol. The van der Waals surface area contributed by atoms with Crippen LogP contribution in [0, 0.1) is 12.7 Å². The zero-order chi connectivity index (χ0) is 13.4. The summed E-state index contributed by atoms with van der Waals surface area (Å²) in [6.45, 7) is 4.88. The van der Waals surface area contributed by atoms with Crippen LogP contribution < -0.4 is 5.73 Å². The Balaban J connectivity index is 3.26. The van der Waals surface area contributed by atoms with Gasteiger partial charge in [0.15, 0.2) is 9.84 Å². The van der Waals surface area contributed by atoms with Gasteiger partial charge in [-0.1, -0.05) is 6.07 Å². The molecule has 1 unspecified atom stereocenters. The lowest BCUT2D eigenvalue weighted by molar-refractivity contribution is 0.494. The second kappa shape index (κ2) is 4.38. The van der Waals surface area contributed by atoms with Crippen LogP contribution in [-0.2, 0) is 9.84 Å². The summed E-state index contributed by atoms with van der Waals surface area (Å²) in [6.07, 6.45) is 1.16. The number of sulfone groups is 1. The molecule has 0 spiro atoms. The smallest absolute Gasteiger partial charge is 0.154 e. The van der Waals surface area contributed by atoms with E-state index in [-0.39, 0.29) is 5.82 Å². The van der Waals surface area contributed by atoms with E-state index in [1.54, 1.807) is 26.8 Å². The molecule has 0 aromatic heterocycles. The van der Waals surface area contributed by atoms with Gasteiger partial charge in [0.1, 0.15) is 5.82 Å². The molecule has 0 radical (unpaired) electrons. The summed E-state index contributed by atoms with van der Waals surface area (Å²) >= 11 is 0. The third kappa shape index (κ3) is 2.66. The van der Waals surface area contributed by atoms with E-state index in [9.17, 15) is 12.8 Å². The molecule has 1 atom stereocenters. The Hall–Kier alpha value is -0.940. The Bertz CT molecular complexity index is 523. The second-order valence-corrected chi connectivity index (χ2v) is 7.45. The molecule has 0 fully saturated rings.